The van der Waals surface area contributed by atoms with E-state index >= 15 is 0 Å². The lowest BCUT2D eigenvalue weighted by Gasteiger charge is -2.13. The number of hydrogen-bond acceptors (Lipinski definition) is 5. The number of aliphatic hydroxyl groups excluding tert-OH is 2. The summed E-state index contributed by atoms with van der Waals surface area (Å²) < 4.78 is 5.12. The van der Waals surface area contributed by atoms with Crippen LogP contribution in [0.2, 0.25) is 0 Å². The van der Waals surface area contributed by atoms with E-state index < -0.39 is 18.2 Å². The summed E-state index contributed by atoms with van der Waals surface area (Å²) in [5.41, 5.74) is 0. The van der Waals surface area contributed by atoms with Crippen molar-refractivity contribution in [3.63, 3.8) is 0 Å². The van der Waals surface area contributed by atoms with Crippen molar-refractivity contribution in [3.05, 3.63) is 0 Å². The molecule has 82 valence electrons. The zero-order chi connectivity index (χ0) is 10.6. The SMILES string of the molecule is O=C(O)CCSC[C@H]1OC[C@H](O)[C@@H]1O. The molecule has 1 fully saturated rings. The zero-order valence-electron chi connectivity index (χ0n) is 7.63. The van der Waals surface area contributed by atoms with Gasteiger partial charge in [0.25, 0.3) is 0 Å². The molecule has 0 amide bonds. The Bertz CT molecular complexity index is 198. The van der Waals surface area contributed by atoms with Crippen LogP contribution in [0.5, 0.6) is 0 Å². The van der Waals surface area contributed by atoms with Crippen LogP contribution in [0, 0.1) is 0 Å². The number of carbonyl (C=O) groups is 1. The van der Waals surface area contributed by atoms with Gasteiger partial charge < -0.3 is 20.1 Å². The van der Waals surface area contributed by atoms with Crippen molar-refractivity contribution >= 4 is 17.7 Å². The van der Waals surface area contributed by atoms with E-state index in [-0.39, 0.29) is 19.1 Å². The van der Waals surface area contributed by atoms with Crippen molar-refractivity contribution in [2.75, 3.05) is 18.1 Å². The topological polar surface area (TPSA) is 87.0 Å². The number of ether oxygens (including phenoxy) is 1. The summed E-state index contributed by atoms with van der Waals surface area (Å²) in [6, 6.07) is 0. The fourth-order valence-electron chi connectivity index (χ4n) is 1.17. The van der Waals surface area contributed by atoms with Crippen molar-refractivity contribution < 1.29 is 24.9 Å². The predicted octanol–water partition coefficient (Wildman–Crippen LogP) is -0.685. The average molecular weight is 222 g/mol. The fourth-order valence-corrected chi connectivity index (χ4v) is 2.18. The Balaban J connectivity index is 2.10. The molecule has 5 nitrogen and oxygen atoms in total. The maximum Gasteiger partial charge on any atom is 0.304 e. The van der Waals surface area contributed by atoms with E-state index in [1.54, 1.807) is 0 Å². The Morgan fingerprint density at radius 2 is 2.21 bits per heavy atom. The molecule has 0 unspecified atom stereocenters. The minimum absolute atomic E-state index is 0.107. The molecule has 1 aliphatic heterocycles. The second-order valence-electron chi connectivity index (χ2n) is 3.15. The summed E-state index contributed by atoms with van der Waals surface area (Å²) >= 11 is 1.41. The molecule has 0 spiro atoms. The van der Waals surface area contributed by atoms with Crippen molar-refractivity contribution in [1.29, 1.82) is 0 Å². The Hall–Kier alpha value is -0.300. The molecular formula is C8H14O5S. The van der Waals surface area contributed by atoms with E-state index in [1.807, 2.05) is 0 Å². The molecule has 0 aliphatic carbocycles. The van der Waals surface area contributed by atoms with E-state index in [1.165, 1.54) is 11.8 Å². The minimum atomic E-state index is -0.840. The molecule has 0 aromatic heterocycles. The van der Waals surface area contributed by atoms with Gasteiger partial charge in [0.2, 0.25) is 0 Å². The lowest BCUT2D eigenvalue weighted by Crippen LogP contribution is -2.31. The van der Waals surface area contributed by atoms with Crippen molar-refractivity contribution in [2.45, 2.75) is 24.7 Å². The van der Waals surface area contributed by atoms with Gasteiger partial charge >= 0.3 is 5.97 Å². The lowest BCUT2D eigenvalue weighted by atomic mass is 10.2. The molecule has 14 heavy (non-hydrogen) atoms. The van der Waals surface area contributed by atoms with E-state index in [4.69, 9.17) is 14.9 Å². The number of carboxylic acid groups (broad SMARTS) is 1. The fraction of sp³-hybridized carbons (Fsp3) is 0.875. The van der Waals surface area contributed by atoms with E-state index in [9.17, 15) is 9.90 Å². The first-order valence-electron chi connectivity index (χ1n) is 4.38. The number of aliphatic carboxylic acids is 1. The van der Waals surface area contributed by atoms with Gasteiger partial charge in [-0.05, 0) is 0 Å². The third-order valence-corrected chi connectivity index (χ3v) is 3.06. The Morgan fingerprint density at radius 3 is 2.71 bits per heavy atom. The molecule has 1 saturated heterocycles. The van der Waals surface area contributed by atoms with Gasteiger partial charge in [-0.3, -0.25) is 4.79 Å². The van der Waals surface area contributed by atoms with Crippen LogP contribution < -0.4 is 0 Å². The predicted molar refractivity (Wildman–Crippen MR) is 51.3 cm³/mol. The summed E-state index contributed by atoms with van der Waals surface area (Å²) in [5.74, 6) is 0.189. The molecule has 0 bridgehead atoms. The highest BCUT2D eigenvalue weighted by atomic mass is 32.2. The molecule has 1 heterocycles. The van der Waals surface area contributed by atoms with Crippen LogP contribution in [0.1, 0.15) is 6.42 Å². The van der Waals surface area contributed by atoms with E-state index in [0.29, 0.717) is 11.5 Å². The number of aliphatic hydroxyl groups is 2. The minimum Gasteiger partial charge on any atom is -0.481 e. The monoisotopic (exact) mass is 222 g/mol. The van der Waals surface area contributed by atoms with E-state index in [0.717, 1.165) is 0 Å². The Kier molecular flexibility index (Phi) is 4.67. The molecule has 6 heteroatoms. The van der Waals surface area contributed by atoms with Crippen molar-refractivity contribution in [1.82, 2.24) is 0 Å². The third kappa shape index (κ3) is 3.45. The number of thioether (sulfide) groups is 1. The summed E-state index contributed by atoms with van der Waals surface area (Å²) in [5, 5.41) is 26.9. The van der Waals surface area contributed by atoms with Gasteiger partial charge in [0.15, 0.2) is 0 Å². The van der Waals surface area contributed by atoms with Gasteiger partial charge in [-0.15, -0.1) is 0 Å². The summed E-state index contributed by atoms with van der Waals surface area (Å²) in [4.78, 5) is 10.2. The highest BCUT2D eigenvalue weighted by Gasteiger charge is 2.34. The Labute approximate surface area is 86.1 Å². The van der Waals surface area contributed by atoms with Crippen LogP contribution in [0.4, 0.5) is 0 Å². The van der Waals surface area contributed by atoms with Crippen LogP contribution >= 0.6 is 11.8 Å². The Morgan fingerprint density at radius 1 is 1.50 bits per heavy atom. The van der Waals surface area contributed by atoms with Gasteiger partial charge in [-0.25, -0.2) is 0 Å². The number of rotatable bonds is 5. The van der Waals surface area contributed by atoms with Crippen LogP contribution in [-0.4, -0.2) is 57.7 Å². The first-order valence-corrected chi connectivity index (χ1v) is 5.54. The first kappa shape index (κ1) is 11.8. The highest BCUT2D eigenvalue weighted by molar-refractivity contribution is 7.99. The van der Waals surface area contributed by atoms with Crippen LogP contribution in [0.15, 0.2) is 0 Å². The van der Waals surface area contributed by atoms with Crippen LogP contribution in [0.25, 0.3) is 0 Å². The van der Waals surface area contributed by atoms with Gasteiger partial charge in [-0.2, -0.15) is 11.8 Å². The summed E-state index contributed by atoms with van der Waals surface area (Å²) in [6.07, 6.45) is -1.91. The van der Waals surface area contributed by atoms with Crippen molar-refractivity contribution in [2.24, 2.45) is 0 Å². The largest absolute Gasteiger partial charge is 0.481 e. The summed E-state index contributed by atoms with van der Waals surface area (Å²) in [7, 11) is 0. The molecule has 0 saturated carbocycles. The van der Waals surface area contributed by atoms with Gasteiger partial charge in [0.1, 0.15) is 12.2 Å². The molecule has 0 radical (unpaired) electrons. The first-order chi connectivity index (χ1) is 6.61. The highest BCUT2D eigenvalue weighted by Crippen LogP contribution is 2.18. The maximum absolute atomic E-state index is 10.2. The molecule has 1 aliphatic rings. The molecule has 1 rings (SSSR count). The van der Waals surface area contributed by atoms with Gasteiger partial charge in [-0.1, -0.05) is 0 Å². The van der Waals surface area contributed by atoms with Crippen molar-refractivity contribution in [3.8, 4) is 0 Å². The third-order valence-electron chi connectivity index (χ3n) is 2.00. The average Bonchev–Trinajstić information content (AvgIpc) is 2.43. The standard InChI is InChI=1S/C8H14O5S/c9-5-3-13-6(8(5)12)4-14-2-1-7(10)11/h5-6,8-9,12H,1-4H2,(H,10,11)/t5-,6+,8-/m0/s1. The maximum atomic E-state index is 10.2. The molecular weight excluding hydrogens is 208 g/mol. The normalized spacial score (nSPS) is 32.0. The van der Waals surface area contributed by atoms with Crippen LogP contribution in [-0.2, 0) is 9.53 Å². The molecule has 3 atom stereocenters. The number of carboxylic acids is 1. The second kappa shape index (κ2) is 5.55. The second-order valence-corrected chi connectivity index (χ2v) is 4.30. The van der Waals surface area contributed by atoms with Gasteiger partial charge in [0.05, 0.1) is 19.1 Å². The molecule has 3 N–H and O–H groups in total. The number of hydrogen-bond donors (Lipinski definition) is 3. The lowest BCUT2D eigenvalue weighted by molar-refractivity contribution is -0.136. The van der Waals surface area contributed by atoms with E-state index in [2.05, 4.69) is 0 Å². The quantitative estimate of drug-likeness (QED) is 0.534. The van der Waals surface area contributed by atoms with Gasteiger partial charge in [0, 0.05) is 11.5 Å². The summed E-state index contributed by atoms with van der Waals surface area (Å²) in [6.45, 7) is 0.158. The molecule has 0 aromatic rings. The molecule has 0 aromatic carbocycles. The smallest absolute Gasteiger partial charge is 0.304 e. The van der Waals surface area contributed by atoms with Crippen LogP contribution in [0.3, 0.4) is 0 Å². The zero-order valence-corrected chi connectivity index (χ0v) is 8.44.